The molecule has 0 spiro atoms. The number of benzene rings is 2. The molecule has 11 heterocycles. The average Bonchev–Trinajstić information content (AvgIpc) is 1.62. The van der Waals surface area contributed by atoms with E-state index in [1.54, 1.807) is 78.8 Å². The highest BCUT2D eigenvalue weighted by Crippen LogP contribution is 2.41. The minimum atomic E-state index is -2.49. The number of esters is 2. The number of amides is 4. The van der Waals surface area contributed by atoms with E-state index in [1.807, 2.05) is 82.7 Å². The summed E-state index contributed by atoms with van der Waals surface area (Å²) in [5.41, 5.74) is 21.0. The van der Waals surface area contributed by atoms with Crippen molar-refractivity contribution in [3.63, 3.8) is 0 Å². The van der Waals surface area contributed by atoms with Crippen molar-refractivity contribution in [3.05, 3.63) is 143 Å². The second-order valence-corrected chi connectivity index (χ2v) is 38.8. The number of hydrogen-bond donors (Lipinski definition) is 5. The highest BCUT2D eigenvalue weighted by Gasteiger charge is 2.54. The van der Waals surface area contributed by atoms with Gasteiger partial charge in [-0.15, -0.1) is 0 Å². The van der Waals surface area contributed by atoms with Gasteiger partial charge in [0.2, 0.25) is 29.5 Å². The summed E-state index contributed by atoms with van der Waals surface area (Å²) in [7, 11) is 4.49. The van der Waals surface area contributed by atoms with Gasteiger partial charge >= 0.3 is 11.9 Å². The predicted octanol–water partition coefficient (Wildman–Crippen LogP) is 9.05. The molecule has 0 unspecified atom stereocenters. The number of hydrogen-bond acceptors (Lipinski definition) is 33. The Morgan fingerprint density at radius 1 is 0.702 bits per heavy atom. The van der Waals surface area contributed by atoms with Gasteiger partial charge in [0.25, 0.3) is 23.6 Å². The van der Waals surface area contributed by atoms with Crippen molar-refractivity contribution >= 4 is 98.8 Å². The summed E-state index contributed by atoms with van der Waals surface area (Å²) in [4.78, 5) is 169. The van der Waals surface area contributed by atoms with E-state index >= 15 is 0 Å². The Morgan fingerprint density at radius 2 is 1.44 bits per heavy atom. The topological polar surface area (TPSA) is 473 Å². The summed E-state index contributed by atoms with van der Waals surface area (Å²) in [5, 5.41) is 32.3. The molecule has 7 aliphatic rings. The number of piperidine rings is 1. The van der Waals surface area contributed by atoms with Crippen molar-refractivity contribution in [3.8, 4) is 11.3 Å². The van der Waals surface area contributed by atoms with Gasteiger partial charge in [-0.2, -0.15) is 10.1 Å². The number of cyclic esters (lactones) is 1. The SMILES string of the molecule is CO[C@H]1C[C@@H]2CC[C@@H](C)[C@@](O)(O2)C(=O)C(=O)N2CCCC[C@H]2C(=O)O[C@H]([C@H](C)C[C@@H]2CC[C@@H](OC(=O)CCCOCCC(=O)NCc3cnc(N4CCN(C(=O)CCOCCN5CCN(c6ncc(C(=O)N7CCc8cc(Cn9nc(-c%10ccc%11oc(N)nc%11c%10)c%10c(N)ncnc%109)ccc8C7)cn6)CC5)CC4)nc3)[C@H](OC)C2)CC(=O)[C@H](C)/C=C(\C)[C@@H](O)[C@@H](OC)C(=O)[C@H](C)C[C@H](C)/C=C/C=C/C=C/1C. The van der Waals surface area contributed by atoms with E-state index < -0.39 is 102 Å². The molecular formula is C103H138N18O20. The van der Waals surface area contributed by atoms with E-state index in [1.165, 1.54) is 18.3 Å². The first-order valence-electron chi connectivity index (χ1n) is 49.7. The zero-order chi connectivity index (χ0) is 100. The fourth-order valence-corrected chi connectivity index (χ4v) is 20.1. The monoisotopic (exact) mass is 1950 g/mol. The number of piperazine rings is 2. The van der Waals surface area contributed by atoms with E-state index in [2.05, 4.69) is 68.2 Å². The third-order valence-corrected chi connectivity index (χ3v) is 28.7. The van der Waals surface area contributed by atoms with Crippen LogP contribution in [0.2, 0.25) is 0 Å². The summed E-state index contributed by atoms with van der Waals surface area (Å²) in [5.74, 6) is -8.10. The van der Waals surface area contributed by atoms with Crippen molar-refractivity contribution in [1.82, 2.24) is 69.6 Å². The lowest BCUT2D eigenvalue weighted by molar-refractivity contribution is -0.265. The highest BCUT2D eigenvalue weighted by molar-refractivity contribution is 6.39. The number of oxazole rings is 1. The van der Waals surface area contributed by atoms with Crippen molar-refractivity contribution in [2.24, 2.45) is 35.5 Å². The van der Waals surface area contributed by atoms with Crippen molar-refractivity contribution in [2.45, 2.75) is 232 Å². The van der Waals surface area contributed by atoms with Gasteiger partial charge in [-0.25, -0.2) is 39.4 Å². The quantitative estimate of drug-likeness (QED) is 0.0132. The summed E-state index contributed by atoms with van der Waals surface area (Å²) in [6, 6.07) is 10.7. The zero-order valence-corrected chi connectivity index (χ0v) is 82.8. The van der Waals surface area contributed by atoms with Crippen LogP contribution < -0.4 is 26.6 Å². The number of nitrogens with zero attached hydrogens (tertiary/aromatic N) is 15. The lowest BCUT2D eigenvalue weighted by Gasteiger charge is -2.42. The van der Waals surface area contributed by atoms with Crippen molar-refractivity contribution in [2.75, 3.05) is 141 Å². The van der Waals surface area contributed by atoms with Crippen LogP contribution in [-0.4, -0.2) is 302 Å². The molecule has 38 nitrogen and oxygen atoms in total. The number of nitrogen functional groups attached to an aromatic ring is 2. The van der Waals surface area contributed by atoms with Gasteiger partial charge < -0.3 is 93.8 Å². The van der Waals surface area contributed by atoms with E-state index in [0.29, 0.717) is 212 Å². The number of carbonyl (C=O) groups excluding carboxylic acids is 9. The first-order valence-corrected chi connectivity index (χ1v) is 49.7. The third-order valence-electron chi connectivity index (χ3n) is 28.7. The highest BCUT2D eigenvalue weighted by atomic mass is 16.6. The van der Waals surface area contributed by atoms with E-state index in [0.717, 1.165) is 40.9 Å². The summed E-state index contributed by atoms with van der Waals surface area (Å²) >= 11 is 0. The fraction of sp³-hybridized carbons (Fsp3) is 0.583. The molecule has 1 aliphatic carbocycles. The maximum absolute atomic E-state index is 14.8. The standard InChI is InChI=1S/C103H138N18O20/c1-63-17-12-11-13-18-64(2)83(133-8)53-77-26-21-69(7)103(132,141-77)94(128)98(130)120-32-15-14-19-79(120)99(131)139-84(54-80(122)65(3)48-68(6)92(127)93(135-10)91(126)67(5)47-63)66(4)49-70-23-27-82(85(51-70)134-9)138-88(125)20-16-43-136-44-30-86(123)106-55-72-56-107-101(108-57-72)118-40-38-116(39-41-118)87(124)31-45-137-46-42-115-34-36-117(37-35-115)102-109-58-76(59-110-102)97(129)119-33-29-73-50-71(22-24-75(73)61-119)60-121-96-89(95(104)111-62-112-96)90(114-121)74-25-28-81-78(52-74)113-100(105)140-81/h11-13,17-18,22,24-25,28,48,50,52,56-59,62-63,65-67,69-70,77,79,82-85,92-93,127,132H,14-16,19-21,23,26-27,29-47,49,51,53-55,60-61H2,1-10H3,(H2,105,113)(H,106,123)(H2,104,111,112)/b13-11+,17-12+,64-18+,68-48+/t63-,65-,66-,67-,69-,70+,77+,79+,82-,83+,84+,85-,92-,93+,103-/m1/s1. The Morgan fingerprint density at radius 3 is 2.18 bits per heavy atom. The Bertz CT molecular complexity index is 5640. The lowest BCUT2D eigenvalue weighted by Crippen LogP contribution is -2.61. The number of nitrogens with two attached hydrogens (primary N) is 2. The zero-order valence-electron chi connectivity index (χ0n) is 82.8. The molecule has 7 N–H and O–H groups in total. The largest absolute Gasteiger partial charge is 0.460 e. The number of aliphatic hydroxyl groups is 2. The number of rotatable bonds is 28. The van der Waals surface area contributed by atoms with Crippen LogP contribution in [0.25, 0.3) is 33.4 Å². The molecular weight excluding hydrogens is 1810 g/mol. The molecule has 2 aromatic carbocycles. The normalized spacial score (nSPS) is 26.9. The van der Waals surface area contributed by atoms with Crippen LogP contribution >= 0.6 is 0 Å². The smallest absolute Gasteiger partial charge is 0.329 e. The maximum atomic E-state index is 14.8. The molecule has 6 aliphatic heterocycles. The molecule has 1 saturated carbocycles. The summed E-state index contributed by atoms with van der Waals surface area (Å²) in [6.07, 6.45) is 19.3. The molecule has 2 bridgehead atoms. The number of nitrogens with one attached hydrogen (secondary N) is 1. The second-order valence-electron chi connectivity index (χ2n) is 38.8. The molecule has 0 radical (unpaired) electrons. The van der Waals surface area contributed by atoms with Crippen molar-refractivity contribution < 1.29 is 95.7 Å². The molecule has 760 valence electrons. The summed E-state index contributed by atoms with van der Waals surface area (Å²) < 4.78 is 55.2. The van der Waals surface area contributed by atoms with Crippen LogP contribution in [0, 0.1) is 35.5 Å². The van der Waals surface area contributed by atoms with Gasteiger partial charge in [-0.3, -0.25) is 43.3 Å². The van der Waals surface area contributed by atoms with Crippen molar-refractivity contribution in [1.29, 1.82) is 0 Å². The first kappa shape index (κ1) is 105. The molecule has 5 fully saturated rings. The van der Waals surface area contributed by atoms with Crippen LogP contribution in [0.1, 0.15) is 184 Å². The molecule has 4 saturated heterocycles. The minimum Gasteiger partial charge on any atom is -0.460 e. The van der Waals surface area contributed by atoms with E-state index in [9.17, 15) is 53.4 Å². The molecule has 5 aromatic heterocycles. The maximum Gasteiger partial charge on any atom is 0.329 e. The van der Waals surface area contributed by atoms with E-state index in [-0.39, 0.29) is 112 Å². The van der Waals surface area contributed by atoms with Crippen LogP contribution in [0.4, 0.5) is 23.7 Å². The number of anilines is 4. The number of aromatic nitrogens is 9. The fourth-order valence-electron chi connectivity index (χ4n) is 20.1. The number of ketones is 3. The Balaban J connectivity index is 0.462. The Hall–Kier alpha value is -11.8. The molecule has 15 atom stereocenters. The lowest BCUT2D eigenvalue weighted by atomic mass is 9.78. The van der Waals surface area contributed by atoms with Gasteiger partial charge in [-0.1, -0.05) is 89.3 Å². The minimum absolute atomic E-state index is 0.0243. The molecule has 14 rings (SSSR count). The third kappa shape index (κ3) is 27.0. The van der Waals surface area contributed by atoms with Gasteiger partial charge in [0.05, 0.1) is 62.0 Å². The number of carbonyl (C=O) groups is 9. The number of aliphatic hydroxyl groups excluding tert-OH is 1. The summed E-state index contributed by atoms with van der Waals surface area (Å²) in [6.45, 7) is 21.2. The Kier molecular flexibility index (Phi) is 36.7. The van der Waals surface area contributed by atoms with Gasteiger partial charge in [-0.05, 0) is 155 Å². The number of methoxy groups -OCH3 is 3. The second kappa shape index (κ2) is 49.3. The number of ether oxygens (including phenoxy) is 8. The molecule has 141 heavy (non-hydrogen) atoms. The van der Waals surface area contributed by atoms with Crippen LogP contribution in [-0.2, 0) is 102 Å². The number of allylic oxidation sites excluding steroid dienone is 6. The molecule has 7 aromatic rings. The van der Waals surface area contributed by atoms with Gasteiger partial charge in [0, 0.05) is 192 Å². The van der Waals surface area contributed by atoms with Gasteiger partial charge in [0.15, 0.2) is 17.0 Å². The van der Waals surface area contributed by atoms with Crippen LogP contribution in [0.5, 0.6) is 0 Å². The average molecular weight is 1950 g/mol. The Labute approximate surface area is 822 Å². The van der Waals surface area contributed by atoms with Crippen LogP contribution in [0.3, 0.4) is 0 Å². The molecule has 4 amide bonds. The first-order chi connectivity index (χ1) is 67.9. The van der Waals surface area contributed by atoms with E-state index in [4.69, 9.17) is 58.9 Å². The number of Topliss-reactive ketones (excluding diaryl/α,β-unsaturated/α-hetero) is 3. The van der Waals surface area contributed by atoms with Gasteiger partial charge in [0.1, 0.15) is 59.6 Å². The molecule has 38 heteroatoms. The van der Waals surface area contributed by atoms with Crippen LogP contribution in [0.15, 0.2) is 120 Å². The number of fused-ring (bicyclic) bond motifs is 6. The predicted molar refractivity (Wildman–Crippen MR) is 524 cm³/mol.